The third-order valence-corrected chi connectivity index (χ3v) is 10.4. The van der Waals surface area contributed by atoms with Gasteiger partial charge in [-0.2, -0.15) is 5.26 Å². The van der Waals surface area contributed by atoms with Gasteiger partial charge in [0.2, 0.25) is 0 Å². The average Bonchev–Trinajstić information content (AvgIpc) is 3.11. The zero-order valence-electron chi connectivity index (χ0n) is 19.6. The number of aliphatic hydroxyl groups excluding tert-OH is 1. The Morgan fingerprint density at radius 3 is 2.41 bits per heavy atom. The number of ketones is 1. The lowest BCUT2D eigenvalue weighted by Gasteiger charge is -2.67. The molecule has 9 atom stereocenters. The number of esters is 1. The molecular weight excluding hydrogens is 406 g/mol. The Balaban J connectivity index is 1.87. The van der Waals surface area contributed by atoms with Crippen molar-refractivity contribution in [3.8, 4) is 6.07 Å². The lowest BCUT2D eigenvalue weighted by molar-refractivity contribution is -0.231. The number of hydrogen-bond acceptors (Lipinski definition) is 6. The van der Waals surface area contributed by atoms with Crippen molar-refractivity contribution in [2.24, 2.45) is 39.9 Å². The van der Waals surface area contributed by atoms with Gasteiger partial charge in [0.1, 0.15) is 11.9 Å². The van der Waals surface area contributed by atoms with Gasteiger partial charge in [0.05, 0.1) is 17.6 Å². The summed E-state index contributed by atoms with van der Waals surface area (Å²) >= 11 is 0. The van der Waals surface area contributed by atoms with E-state index in [1.807, 2.05) is 13.8 Å². The van der Waals surface area contributed by atoms with Gasteiger partial charge < -0.3 is 14.6 Å². The van der Waals surface area contributed by atoms with Crippen molar-refractivity contribution in [3.63, 3.8) is 0 Å². The van der Waals surface area contributed by atoms with Gasteiger partial charge in [-0.3, -0.25) is 9.59 Å². The number of aldehydes is 1. The molecular formula is C26H35NO5. The largest absolute Gasteiger partial charge is 0.459 e. The zero-order chi connectivity index (χ0) is 23.7. The molecule has 0 radical (unpaired) electrons. The first-order chi connectivity index (χ1) is 14.9. The summed E-state index contributed by atoms with van der Waals surface area (Å²) in [5, 5.41) is 22.1. The van der Waals surface area contributed by atoms with Gasteiger partial charge in [0.15, 0.2) is 5.78 Å². The van der Waals surface area contributed by atoms with Gasteiger partial charge >= 0.3 is 5.97 Å². The van der Waals surface area contributed by atoms with Crippen molar-refractivity contribution in [2.75, 3.05) is 0 Å². The number of nitrogens with zero attached hydrogens (tertiary/aromatic N) is 1. The van der Waals surface area contributed by atoms with Crippen LogP contribution in [0.4, 0.5) is 0 Å². The highest BCUT2D eigenvalue weighted by Crippen LogP contribution is 2.71. The van der Waals surface area contributed by atoms with Gasteiger partial charge in [0, 0.05) is 29.7 Å². The Bertz CT molecular complexity index is 922. The van der Waals surface area contributed by atoms with Crippen LogP contribution in [-0.4, -0.2) is 34.9 Å². The summed E-state index contributed by atoms with van der Waals surface area (Å²) in [4.78, 5) is 37.2. The van der Waals surface area contributed by atoms with Crippen LogP contribution in [0.1, 0.15) is 72.6 Å². The lowest BCUT2D eigenvalue weighted by atomic mass is 9.36. The molecule has 32 heavy (non-hydrogen) atoms. The van der Waals surface area contributed by atoms with Gasteiger partial charge in [0.25, 0.3) is 0 Å². The molecule has 0 spiro atoms. The normalized spacial score (nSPS) is 50.8. The van der Waals surface area contributed by atoms with Crippen molar-refractivity contribution in [1.82, 2.24) is 0 Å². The molecule has 4 aliphatic rings. The molecule has 6 nitrogen and oxygen atoms in total. The Morgan fingerprint density at radius 2 is 1.88 bits per heavy atom. The van der Waals surface area contributed by atoms with E-state index in [0.29, 0.717) is 37.7 Å². The van der Waals surface area contributed by atoms with Crippen molar-refractivity contribution in [2.45, 2.75) is 84.3 Å². The summed E-state index contributed by atoms with van der Waals surface area (Å²) < 4.78 is 5.87. The minimum absolute atomic E-state index is 0.0291. The number of carbonyl (C=O) groups excluding carboxylic acids is 3. The molecule has 4 rings (SSSR count). The van der Waals surface area contributed by atoms with Crippen LogP contribution < -0.4 is 0 Å². The highest BCUT2D eigenvalue weighted by atomic mass is 16.6. The summed E-state index contributed by atoms with van der Waals surface area (Å²) in [5.41, 5.74) is -2.71. The fourth-order valence-corrected chi connectivity index (χ4v) is 8.48. The van der Waals surface area contributed by atoms with Crippen LogP contribution in [0.2, 0.25) is 0 Å². The molecule has 174 valence electrons. The van der Waals surface area contributed by atoms with Crippen LogP contribution in [0.5, 0.6) is 0 Å². The third kappa shape index (κ3) is 2.64. The summed E-state index contributed by atoms with van der Waals surface area (Å²) in [7, 11) is 0. The topological polar surface area (TPSA) is 104 Å². The maximum Gasteiger partial charge on any atom is 0.306 e. The first-order valence-electron chi connectivity index (χ1n) is 11.9. The molecule has 0 bridgehead atoms. The van der Waals surface area contributed by atoms with Crippen LogP contribution in [0.25, 0.3) is 0 Å². The molecule has 0 aromatic carbocycles. The lowest BCUT2D eigenvalue weighted by Crippen LogP contribution is -2.68. The fourth-order valence-electron chi connectivity index (χ4n) is 8.48. The van der Waals surface area contributed by atoms with E-state index < -0.39 is 33.9 Å². The monoisotopic (exact) mass is 441 g/mol. The molecule has 5 unspecified atom stereocenters. The van der Waals surface area contributed by atoms with E-state index in [-0.39, 0.29) is 35.9 Å². The number of fused-ring (bicyclic) bond motifs is 3. The molecule has 0 aromatic rings. The molecule has 3 aliphatic carbocycles. The number of ether oxygens (including phenoxy) is 1. The van der Waals surface area contributed by atoms with Crippen molar-refractivity contribution in [3.05, 3.63) is 12.2 Å². The second-order valence-corrected chi connectivity index (χ2v) is 11.4. The fraction of sp³-hybridized carbons (Fsp3) is 0.769. The number of allylic oxidation sites excluding steroid dienone is 1. The van der Waals surface area contributed by atoms with E-state index >= 15 is 0 Å². The van der Waals surface area contributed by atoms with Crippen molar-refractivity contribution < 1.29 is 24.2 Å². The van der Waals surface area contributed by atoms with E-state index in [2.05, 4.69) is 26.5 Å². The number of rotatable bonds is 3. The zero-order valence-corrected chi connectivity index (χ0v) is 19.6. The Kier molecular flexibility index (Phi) is 5.25. The second kappa shape index (κ2) is 7.25. The SMILES string of the molecule is C=C1C(=O)CCC2(C)C3C(C(CC)C(C)([C@@]4(C)CCC(=O)O4)C[C@H]3O)[C@H](C=O)C[C@]12C#N. The van der Waals surface area contributed by atoms with Crippen LogP contribution in [-0.2, 0) is 19.1 Å². The van der Waals surface area contributed by atoms with Crippen LogP contribution in [0.15, 0.2) is 12.2 Å². The second-order valence-electron chi connectivity index (χ2n) is 11.4. The number of hydrogen-bond donors (Lipinski definition) is 1. The number of carbonyl (C=O) groups is 3. The number of nitriles is 1. The number of aliphatic hydroxyl groups is 1. The van der Waals surface area contributed by atoms with Gasteiger partial charge in [-0.15, -0.1) is 0 Å². The summed E-state index contributed by atoms with van der Waals surface area (Å²) in [6.45, 7) is 12.2. The minimum atomic E-state index is -1.15. The van der Waals surface area contributed by atoms with Crippen LogP contribution >= 0.6 is 0 Å². The van der Waals surface area contributed by atoms with Gasteiger partial charge in [-0.1, -0.05) is 33.8 Å². The predicted octanol–water partition coefficient (Wildman–Crippen LogP) is 3.77. The standard InChI is InChI=1S/C26H35NO5/c1-6-17-21-16(13-28)11-26(14-27)15(2)18(29)7-9-23(26,3)22(21)19(30)12-24(17,4)25(5)10-8-20(31)32-25/h13,16-17,19,21-22,30H,2,6-12H2,1,3-5H3/t16-,17?,19+,21?,22?,23?,24?,25+,26-/m0/s1. The summed E-state index contributed by atoms with van der Waals surface area (Å²) in [5.74, 6) is -1.24. The maximum atomic E-state index is 12.6. The van der Waals surface area contributed by atoms with Gasteiger partial charge in [-0.25, -0.2) is 0 Å². The highest BCUT2D eigenvalue weighted by molar-refractivity contribution is 5.98. The molecule has 1 aliphatic heterocycles. The molecule has 1 N–H and O–H groups in total. The van der Waals surface area contributed by atoms with E-state index in [1.54, 1.807) is 0 Å². The molecule has 0 amide bonds. The highest BCUT2D eigenvalue weighted by Gasteiger charge is 2.71. The predicted molar refractivity (Wildman–Crippen MR) is 117 cm³/mol. The number of cyclic esters (lactones) is 1. The quantitative estimate of drug-likeness (QED) is 0.406. The average molecular weight is 442 g/mol. The Hall–Kier alpha value is -2.00. The first-order valence-corrected chi connectivity index (χ1v) is 11.9. The Labute approximate surface area is 190 Å². The maximum absolute atomic E-state index is 12.6. The molecule has 4 fully saturated rings. The van der Waals surface area contributed by atoms with Crippen LogP contribution in [0.3, 0.4) is 0 Å². The molecule has 1 heterocycles. The molecule has 6 heteroatoms. The first kappa shape index (κ1) is 23.2. The summed E-state index contributed by atoms with van der Waals surface area (Å²) in [6, 6.07) is 2.42. The van der Waals surface area contributed by atoms with Gasteiger partial charge in [-0.05, 0) is 55.8 Å². The minimum Gasteiger partial charge on any atom is -0.459 e. The van der Waals surface area contributed by atoms with E-state index in [9.17, 15) is 24.8 Å². The van der Waals surface area contributed by atoms with E-state index in [1.165, 1.54) is 0 Å². The van der Waals surface area contributed by atoms with Crippen molar-refractivity contribution >= 4 is 18.0 Å². The molecule has 3 saturated carbocycles. The number of Topliss-reactive ketones (excluding diaryl/α,β-unsaturated/α-hetero) is 1. The van der Waals surface area contributed by atoms with E-state index in [0.717, 1.165) is 12.7 Å². The smallest absolute Gasteiger partial charge is 0.306 e. The van der Waals surface area contributed by atoms with Crippen LogP contribution in [0, 0.1) is 51.2 Å². The molecule has 0 aromatic heterocycles. The summed E-state index contributed by atoms with van der Waals surface area (Å²) in [6.07, 6.45) is 3.38. The van der Waals surface area contributed by atoms with E-state index in [4.69, 9.17) is 4.74 Å². The Morgan fingerprint density at radius 1 is 1.19 bits per heavy atom. The molecule has 1 saturated heterocycles. The van der Waals surface area contributed by atoms with Crippen molar-refractivity contribution in [1.29, 1.82) is 5.26 Å². The third-order valence-electron chi connectivity index (χ3n) is 10.4.